The van der Waals surface area contributed by atoms with Crippen LogP contribution in [0.15, 0.2) is 72.8 Å². The van der Waals surface area contributed by atoms with Gasteiger partial charge < -0.3 is 30.8 Å². The van der Waals surface area contributed by atoms with Gasteiger partial charge in [0.2, 0.25) is 23.6 Å². The predicted octanol–water partition coefficient (Wildman–Crippen LogP) is 2.23. The summed E-state index contributed by atoms with van der Waals surface area (Å²) in [4.78, 5) is 64.9. The molecule has 2 fully saturated rings. The highest BCUT2D eigenvalue weighted by Gasteiger charge is 2.33. The Balaban J connectivity index is 1.33. The van der Waals surface area contributed by atoms with Gasteiger partial charge in [0, 0.05) is 24.8 Å². The van der Waals surface area contributed by atoms with Gasteiger partial charge in [0.25, 0.3) is 0 Å². The molecule has 0 unspecified atom stereocenters. The Labute approximate surface area is 262 Å². The summed E-state index contributed by atoms with van der Waals surface area (Å²) >= 11 is 0. The van der Waals surface area contributed by atoms with Gasteiger partial charge in [-0.1, -0.05) is 72.8 Å². The van der Waals surface area contributed by atoms with Gasteiger partial charge >= 0.3 is 0 Å². The van der Waals surface area contributed by atoms with Crippen LogP contribution < -0.4 is 21.3 Å². The highest BCUT2D eigenvalue weighted by atomic mass is 16.5. The van der Waals surface area contributed by atoms with Gasteiger partial charge in [-0.05, 0) is 47.6 Å². The fraction of sp³-hybridized carbons (Fsp3) is 0.400. The van der Waals surface area contributed by atoms with Crippen molar-refractivity contribution in [1.82, 2.24) is 21.3 Å². The lowest BCUT2D eigenvalue weighted by Gasteiger charge is -2.31. The Kier molecular flexibility index (Phi) is 10.9. The van der Waals surface area contributed by atoms with Crippen LogP contribution in [0.2, 0.25) is 0 Å². The molecule has 45 heavy (non-hydrogen) atoms. The lowest BCUT2D eigenvalue weighted by molar-refractivity contribution is -0.134. The van der Waals surface area contributed by atoms with E-state index >= 15 is 0 Å². The normalized spacial score (nSPS) is 18.5. The fourth-order valence-electron chi connectivity index (χ4n) is 5.98. The van der Waals surface area contributed by atoms with Crippen molar-refractivity contribution in [2.45, 2.75) is 56.7 Å². The molecule has 4 N–H and O–H groups in total. The van der Waals surface area contributed by atoms with Crippen molar-refractivity contribution in [3.8, 4) is 0 Å². The molecule has 3 aromatic carbocycles. The Morgan fingerprint density at radius 2 is 1.60 bits per heavy atom. The van der Waals surface area contributed by atoms with Crippen LogP contribution in [0.5, 0.6) is 0 Å². The SMILES string of the molecule is O=C[C@H](C[C@@H]1CCCNC1=O)NC(=O)[C@H](CC1COC1)NC(=O)[C@H](Cc1cccc2ccccc12)NC(=O)Cc1ccccc1. The molecule has 0 spiro atoms. The maximum atomic E-state index is 13.9. The van der Waals surface area contributed by atoms with Crippen LogP contribution in [0.1, 0.15) is 36.8 Å². The topological polar surface area (TPSA) is 143 Å². The van der Waals surface area contributed by atoms with Crippen molar-refractivity contribution in [3.63, 3.8) is 0 Å². The van der Waals surface area contributed by atoms with Crippen LogP contribution in [-0.2, 0) is 41.6 Å². The first-order chi connectivity index (χ1) is 21.9. The molecule has 236 valence electrons. The summed E-state index contributed by atoms with van der Waals surface area (Å²) in [5, 5.41) is 13.3. The molecule has 10 nitrogen and oxygen atoms in total. The molecule has 0 saturated carbocycles. The van der Waals surface area contributed by atoms with Gasteiger partial charge in [0.05, 0.1) is 25.7 Å². The summed E-state index contributed by atoms with van der Waals surface area (Å²) < 4.78 is 5.31. The quantitative estimate of drug-likeness (QED) is 0.206. The molecular weight excluding hydrogens is 572 g/mol. The highest BCUT2D eigenvalue weighted by Crippen LogP contribution is 2.22. The first kappa shape index (κ1) is 31.8. The molecule has 4 amide bonds. The van der Waals surface area contributed by atoms with E-state index in [9.17, 15) is 24.0 Å². The van der Waals surface area contributed by atoms with Crippen molar-refractivity contribution in [2.24, 2.45) is 11.8 Å². The average Bonchev–Trinajstić information content (AvgIpc) is 3.03. The number of ether oxygens (including phenoxy) is 1. The Hall–Kier alpha value is -4.57. The van der Waals surface area contributed by atoms with E-state index in [0.29, 0.717) is 38.9 Å². The Morgan fingerprint density at radius 3 is 2.33 bits per heavy atom. The van der Waals surface area contributed by atoms with Gasteiger partial charge in [-0.15, -0.1) is 0 Å². The molecule has 2 heterocycles. The standard InChI is InChI=1S/C35H40N4O6/c40-20-28(18-27-13-7-15-36-33(27)42)37-34(43)30(16-24-21-45-22-24)39-35(44)31(38-32(41)17-23-8-2-1-3-9-23)19-26-12-6-11-25-10-4-5-14-29(25)26/h1-6,8-12,14,20,24,27-28,30-31H,7,13,15-19,21-22H2,(H,36,42)(H,37,43)(H,38,41)(H,39,44)/t27-,28-,30-,31-/m0/s1. The van der Waals surface area contributed by atoms with Gasteiger partial charge in [-0.25, -0.2) is 0 Å². The van der Waals surface area contributed by atoms with E-state index in [0.717, 1.165) is 28.3 Å². The molecule has 2 saturated heterocycles. The van der Waals surface area contributed by atoms with Crippen molar-refractivity contribution in [3.05, 3.63) is 83.9 Å². The zero-order valence-corrected chi connectivity index (χ0v) is 25.2. The number of amides is 4. The molecular formula is C35H40N4O6. The predicted molar refractivity (Wildman–Crippen MR) is 169 cm³/mol. The number of nitrogens with one attached hydrogen (secondary N) is 4. The summed E-state index contributed by atoms with van der Waals surface area (Å²) in [6.45, 7) is 1.53. The van der Waals surface area contributed by atoms with Crippen LogP contribution in [0, 0.1) is 11.8 Å². The summed E-state index contributed by atoms with van der Waals surface area (Å²) in [7, 11) is 0. The zero-order chi connectivity index (χ0) is 31.6. The summed E-state index contributed by atoms with van der Waals surface area (Å²) in [5.41, 5.74) is 1.70. The number of hydrogen-bond donors (Lipinski definition) is 4. The van der Waals surface area contributed by atoms with E-state index in [1.54, 1.807) is 0 Å². The van der Waals surface area contributed by atoms with Gasteiger partial charge in [0.15, 0.2) is 0 Å². The molecule has 10 heteroatoms. The number of hydrogen-bond acceptors (Lipinski definition) is 6. The van der Waals surface area contributed by atoms with Crippen LogP contribution in [0.4, 0.5) is 0 Å². The average molecular weight is 613 g/mol. The second-order valence-electron chi connectivity index (χ2n) is 11.9. The van der Waals surface area contributed by atoms with E-state index in [2.05, 4.69) is 21.3 Å². The molecule has 0 radical (unpaired) electrons. The van der Waals surface area contributed by atoms with E-state index in [-0.39, 0.29) is 42.9 Å². The second-order valence-corrected chi connectivity index (χ2v) is 11.9. The highest BCUT2D eigenvalue weighted by molar-refractivity contribution is 5.94. The lowest BCUT2D eigenvalue weighted by atomic mass is 9.91. The van der Waals surface area contributed by atoms with E-state index < -0.39 is 29.9 Å². The smallest absolute Gasteiger partial charge is 0.243 e. The van der Waals surface area contributed by atoms with Gasteiger partial charge in [0.1, 0.15) is 18.4 Å². The number of piperidine rings is 1. The monoisotopic (exact) mass is 612 g/mol. The molecule has 0 bridgehead atoms. The third kappa shape index (κ3) is 8.76. The molecule has 3 aromatic rings. The second kappa shape index (κ2) is 15.4. The molecule has 2 aliphatic heterocycles. The van der Waals surface area contributed by atoms with Crippen molar-refractivity contribution >= 4 is 40.7 Å². The Morgan fingerprint density at radius 1 is 0.867 bits per heavy atom. The molecule has 4 atom stereocenters. The number of benzene rings is 3. The summed E-state index contributed by atoms with van der Waals surface area (Å²) in [6, 6.07) is 20.1. The number of aldehydes is 1. The zero-order valence-electron chi connectivity index (χ0n) is 25.2. The largest absolute Gasteiger partial charge is 0.381 e. The lowest BCUT2D eigenvalue weighted by Crippen LogP contribution is -2.57. The van der Waals surface area contributed by atoms with Gasteiger partial charge in [-0.3, -0.25) is 19.2 Å². The van der Waals surface area contributed by atoms with E-state index in [1.165, 1.54) is 0 Å². The van der Waals surface area contributed by atoms with Crippen molar-refractivity contribution < 1.29 is 28.7 Å². The van der Waals surface area contributed by atoms with Crippen LogP contribution in [0.25, 0.3) is 10.8 Å². The number of carbonyl (C=O) groups excluding carboxylic acids is 5. The first-order valence-corrected chi connectivity index (χ1v) is 15.6. The maximum Gasteiger partial charge on any atom is 0.243 e. The van der Waals surface area contributed by atoms with Gasteiger partial charge in [-0.2, -0.15) is 0 Å². The van der Waals surface area contributed by atoms with Crippen molar-refractivity contribution in [2.75, 3.05) is 19.8 Å². The molecule has 0 aromatic heterocycles. The van der Waals surface area contributed by atoms with Crippen LogP contribution in [-0.4, -0.2) is 67.8 Å². The van der Waals surface area contributed by atoms with Crippen LogP contribution >= 0.6 is 0 Å². The van der Waals surface area contributed by atoms with Crippen molar-refractivity contribution in [1.29, 1.82) is 0 Å². The minimum atomic E-state index is -0.965. The first-order valence-electron chi connectivity index (χ1n) is 15.6. The molecule has 5 rings (SSSR count). The van der Waals surface area contributed by atoms with E-state index in [1.807, 2.05) is 72.8 Å². The number of rotatable bonds is 14. The minimum absolute atomic E-state index is 0.0593. The third-order valence-corrected chi connectivity index (χ3v) is 8.50. The fourth-order valence-corrected chi connectivity index (χ4v) is 5.98. The minimum Gasteiger partial charge on any atom is -0.381 e. The number of fused-ring (bicyclic) bond motifs is 1. The Bertz CT molecular complexity index is 1500. The van der Waals surface area contributed by atoms with E-state index in [4.69, 9.17) is 4.74 Å². The molecule has 0 aliphatic carbocycles. The summed E-state index contributed by atoms with van der Waals surface area (Å²) in [5.74, 6) is -1.76. The number of carbonyl (C=O) groups is 5. The van der Waals surface area contributed by atoms with Crippen LogP contribution in [0.3, 0.4) is 0 Å². The maximum absolute atomic E-state index is 13.9. The third-order valence-electron chi connectivity index (χ3n) is 8.50. The summed E-state index contributed by atoms with van der Waals surface area (Å²) in [6.07, 6.45) is 2.90. The molecule has 2 aliphatic rings.